The Hall–Kier alpha value is -3.41. The number of hydrogen-bond acceptors (Lipinski definition) is 7. The molecule has 3 aromatic rings. The van der Waals surface area contributed by atoms with Crippen molar-refractivity contribution in [3.05, 3.63) is 58.1 Å². The number of benzene rings is 1. The molecule has 0 unspecified atom stereocenters. The lowest BCUT2D eigenvalue weighted by Crippen LogP contribution is -2.35. The Balaban J connectivity index is 1.62. The van der Waals surface area contributed by atoms with Gasteiger partial charge in [-0.25, -0.2) is 9.37 Å². The van der Waals surface area contributed by atoms with Crippen molar-refractivity contribution in [2.75, 3.05) is 36.8 Å². The summed E-state index contributed by atoms with van der Waals surface area (Å²) in [6.07, 6.45) is 3.21. The standard InChI is InChI=1S/C23H25ClFN7O2S/c1-2-8-32(14-33)9-7-26-13-22(34)29-21-11-16(5-6-27-21)28-20-12-19(30-31-23(20)35)17-10-15(24)3-4-18(17)25/h3-6,10-12,14,26H,2,7-9,13H2,1H3,(H,31,35)(H2,27,28,29,30,34). The summed E-state index contributed by atoms with van der Waals surface area (Å²) >= 11 is 11.3. The summed E-state index contributed by atoms with van der Waals surface area (Å²) in [6, 6.07) is 9.15. The Kier molecular flexibility index (Phi) is 9.65. The van der Waals surface area contributed by atoms with E-state index in [2.05, 4.69) is 31.1 Å². The number of amides is 2. The van der Waals surface area contributed by atoms with E-state index in [4.69, 9.17) is 23.8 Å². The summed E-state index contributed by atoms with van der Waals surface area (Å²) in [7, 11) is 0. The van der Waals surface area contributed by atoms with Gasteiger partial charge in [-0.05, 0) is 36.8 Å². The number of aromatic amines is 1. The van der Waals surface area contributed by atoms with Crippen molar-refractivity contribution in [3.63, 3.8) is 0 Å². The van der Waals surface area contributed by atoms with Crippen LogP contribution in [0.3, 0.4) is 0 Å². The molecule has 3 rings (SSSR count). The van der Waals surface area contributed by atoms with Gasteiger partial charge < -0.3 is 20.9 Å². The number of rotatable bonds is 12. The first-order chi connectivity index (χ1) is 16.9. The van der Waals surface area contributed by atoms with Crippen LogP contribution >= 0.6 is 23.8 Å². The molecule has 184 valence electrons. The summed E-state index contributed by atoms with van der Waals surface area (Å²) in [5.41, 5.74) is 1.64. The normalized spacial score (nSPS) is 10.6. The van der Waals surface area contributed by atoms with Gasteiger partial charge in [0.2, 0.25) is 12.3 Å². The van der Waals surface area contributed by atoms with Gasteiger partial charge in [0.15, 0.2) is 0 Å². The van der Waals surface area contributed by atoms with E-state index in [0.717, 1.165) is 12.8 Å². The van der Waals surface area contributed by atoms with Crippen LogP contribution in [0, 0.1) is 10.5 Å². The van der Waals surface area contributed by atoms with Crippen LogP contribution in [0.25, 0.3) is 11.3 Å². The van der Waals surface area contributed by atoms with Crippen molar-refractivity contribution in [2.45, 2.75) is 13.3 Å². The number of halogens is 2. The molecule has 0 aliphatic carbocycles. The number of hydrogen-bond donors (Lipinski definition) is 4. The number of carbonyl (C=O) groups is 2. The van der Waals surface area contributed by atoms with Crippen LogP contribution < -0.4 is 16.0 Å². The maximum Gasteiger partial charge on any atom is 0.239 e. The molecule has 9 nitrogen and oxygen atoms in total. The molecule has 0 saturated heterocycles. The molecule has 2 amide bonds. The van der Waals surface area contributed by atoms with Gasteiger partial charge in [-0.3, -0.25) is 14.7 Å². The van der Waals surface area contributed by atoms with Gasteiger partial charge in [-0.15, -0.1) is 0 Å². The van der Waals surface area contributed by atoms with Crippen molar-refractivity contribution in [3.8, 4) is 11.3 Å². The van der Waals surface area contributed by atoms with Crippen molar-refractivity contribution in [1.29, 1.82) is 0 Å². The fourth-order valence-corrected chi connectivity index (χ4v) is 3.51. The molecule has 0 atom stereocenters. The van der Waals surface area contributed by atoms with Gasteiger partial charge in [0.25, 0.3) is 0 Å². The molecular weight excluding hydrogens is 493 g/mol. The lowest BCUT2D eigenvalue weighted by Gasteiger charge is -2.16. The van der Waals surface area contributed by atoms with Gasteiger partial charge in [-0.1, -0.05) is 30.7 Å². The first-order valence-corrected chi connectivity index (χ1v) is 11.7. The SMILES string of the molecule is CCCN(C=O)CCNCC(=O)Nc1cc(Nc2cc(-c3cc(Cl)ccc3F)n[nH]c2=S)ccn1. The second-order valence-electron chi connectivity index (χ2n) is 7.54. The monoisotopic (exact) mass is 517 g/mol. The maximum atomic E-state index is 14.3. The first-order valence-electron chi connectivity index (χ1n) is 10.9. The van der Waals surface area contributed by atoms with Gasteiger partial charge in [0.05, 0.1) is 17.9 Å². The zero-order chi connectivity index (χ0) is 25.2. The molecule has 0 spiro atoms. The van der Waals surface area contributed by atoms with Crippen molar-refractivity contribution in [1.82, 2.24) is 25.4 Å². The van der Waals surface area contributed by atoms with E-state index in [0.29, 0.717) is 52.2 Å². The first kappa shape index (κ1) is 26.2. The number of carbonyl (C=O) groups excluding carboxylic acids is 2. The molecule has 2 aromatic heterocycles. The molecule has 0 aliphatic heterocycles. The third-order valence-electron chi connectivity index (χ3n) is 4.84. The number of H-pyrrole nitrogens is 1. The molecule has 2 heterocycles. The minimum absolute atomic E-state index is 0.0718. The summed E-state index contributed by atoms with van der Waals surface area (Å²) in [5.74, 6) is -0.403. The predicted molar refractivity (Wildman–Crippen MR) is 137 cm³/mol. The van der Waals surface area contributed by atoms with E-state index < -0.39 is 5.82 Å². The molecule has 4 N–H and O–H groups in total. The Bertz CT molecular complexity index is 1240. The highest BCUT2D eigenvalue weighted by Crippen LogP contribution is 2.27. The highest BCUT2D eigenvalue weighted by Gasteiger charge is 2.11. The predicted octanol–water partition coefficient (Wildman–Crippen LogP) is 4.13. The maximum absolute atomic E-state index is 14.3. The molecular formula is C23H25ClFN7O2S. The van der Waals surface area contributed by atoms with E-state index in [9.17, 15) is 14.0 Å². The molecule has 12 heteroatoms. The zero-order valence-corrected chi connectivity index (χ0v) is 20.5. The minimum Gasteiger partial charge on any atom is -0.353 e. The summed E-state index contributed by atoms with van der Waals surface area (Å²) in [4.78, 5) is 29.0. The average Bonchev–Trinajstić information content (AvgIpc) is 2.84. The van der Waals surface area contributed by atoms with Crippen LogP contribution in [0.1, 0.15) is 13.3 Å². The van der Waals surface area contributed by atoms with Crippen LogP contribution in [0.5, 0.6) is 0 Å². The van der Waals surface area contributed by atoms with Crippen LogP contribution in [-0.2, 0) is 9.59 Å². The lowest BCUT2D eigenvalue weighted by molar-refractivity contribution is -0.118. The molecule has 0 saturated carbocycles. The smallest absolute Gasteiger partial charge is 0.239 e. The van der Waals surface area contributed by atoms with Crippen LogP contribution in [0.4, 0.5) is 21.6 Å². The number of anilines is 3. The minimum atomic E-state index is -0.467. The Morgan fingerprint density at radius 3 is 2.86 bits per heavy atom. The molecule has 0 bridgehead atoms. The number of nitrogens with zero attached hydrogens (tertiary/aromatic N) is 3. The number of aromatic nitrogens is 3. The van der Waals surface area contributed by atoms with E-state index in [-0.39, 0.29) is 18.0 Å². The second kappa shape index (κ2) is 12.9. The van der Waals surface area contributed by atoms with Gasteiger partial charge in [0.1, 0.15) is 16.3 Å². The molecule has 0 radical (unpaired) electrons. The Morgan fingerprint density at radius 2 is 2.09 bits per heavy atom. The van der Waals surface area contributed by atoms with Crippen molar-refractivity contribution in [2.24, 2.45) is 0 Å². The zero-order valence-electron chi connectivity index (χ0n) is 19.0. The highest BCUT2D eigenvalue weighted by molar-refractivity contribution is 7.71. The molecule has 35 heavy (non-hydrogen) atoms. The fourth-order valence-electron chi connectivity index (χ4n) is 3.18. The number of pyridine rings is 1. The highest BCUT2D eigenvalue weighted by atomic mass is 35.5. The topological polar surface area (TPSA) is 115 Å². The number of nitrogens with one attached hydrogen (secondary N) is 4. The molecule has 0 fully saturated rings. The van der Waals surface area contributed by atoms with E-state index in [1.165, 1.54) is 24.4 Å². The second-order valence-corrected chi connectivity index (χ2v) is 8.39. The van der Waals surface area contributed by atoms with Crippen LogP contribution in [0.15, 0.2) is 42.6 Å². The Labute approximate surface area is 212 Å². The summed E-state index contributed by atoms with van der Waals surface area (Å²) < 4.78 is 14.6. The third kappa shape index (κ3) is 7.81. The molecule has 1 aromatic carbocycles. The largest absolute Gasteiger partial charge is 0.353 e. The summed E-state index contributed by atoms with van der Waals surface area (Å²) in [6.45, 7) is 3.76. The average molecular weight is 518 g/mol. The third-order valence-corrected chi connectivity index (χ3v) is 5.38. The van der Waals surface area contributed by atoms with Crippen LogP contribution in [-0.4, -0.2) is 58.6 Å². The van der Waals surface area contributed by atoms with E-state index in [1.54, 1.807) is 23.1 Å². The Morgan fingerprint density at radius 1 is 1.26 bits per heavy atom. The lowest BCUT2D eigenvalue weighted by atomic mass is 10.1. The molecule has 0 aliphatic rings. The van der Waals surface area contributed by atoms with Crippen molar-refractivity contribution < 1.29 is 14.0 Å². The van der Waals surface area contributed by atoms with Gasteiger partial charge in [-0.2, -0.15) is 5.10 Å². The van der Waals surface area contributed by atoms with Gasteiger partial charge in [0, 0.05) is 48.2 Å². The van der Waals surface area contributed by atoms with E-state index in [1.807, 2.05) is 6.92 Å². The van der Waals surface area contributed by atoms with E-state index >= 15 is 0 Å². The van der Waals surface area contributed by atoms with Crippen molar-refractivity contribution >= 4 is 53.3 Å². The fraction of sp³-hybridized carbons (Fsp3) is 0.261. The van der Waals surface area contributed by atoms with Gasteiger partial charge >= 0.3 is 0 Å². The van der Waals surface area contributed by atoms with Crippen LogP contribution in [0.2, 0.25) is 5.02 Å². The quantitative estimate of drug-likeness (QED) is 0.162. The summed E-state index contributed by atoms with van der Waals surface area (Å²) in [5, 5.41) is 16.0.